The third-order valence-corrected chi connectivity index (χ3v) is 3.60. The molecule has 3 N–H and O–H groups in total. The third kappa shape index (κ3) is 4.61. The van der Waals surface area contributed by atoms with E-state index in [1.54, 1.807) is 0 Å². The van der Waals surface area contributed by atoms with Crippen LogP contribution in [0.25, 0.3) is 0 Å². The van der Waals surface area contributed by atoms with Crippen molar-refractivity contribution in [3.8, 4) is 0 Å². The van der Waals surface area contributed by atoms with Gasteiger partial charge < -0.3 is 5.73 Å². The van der Waals surface area contributed by atoms with Crippen LogP contribution < -0.4 is 11.1 Å². The van der Waals surface area contributed by atoms with Gasteiger partial charge >= 0.3 is 12.2 Å². The molecule has 0 spiro atoms. The predicted molar refractivity (Wildman–Crippen MR) is 69.5 cm³/mol. The molecule has 0 aliphatic heterocycles. The lowest BCUT2D eigenvalue weighted by Crippen LogP contribution is -2.39. The molecule has 0 unspecified atom stereocenters. The summed E-state index contributed by atoms with van der Waals surface area (Å²) in [4.78, 5) is 22.1. The maximum Gasteiger partial charge on any atom is 0.417 e. The maximum atomic E-state index is 12.7. The molecule has 0 radical (unpaired) electrons. The Morgan fingerprint density at radius 3 is 2.50 bits per heavy atom. The Hall–Kier alpha value is -1.41. The average Bonchev–Trinajstić information content (AvgIpc) is 2.29. The first-order chi connectivity index (χ1) is 9.11. The van der Waals surface area contributed by atoms with E-state index < -0.39 is 34.0 Å². The van der Waals surface area contributed by atoms with Crippen LogP contribution in [-0.4, -0.2) is 17.2 Å². The molecule has 0 aromatic heterocycles. The van der Waals surface area contributed by atoms with Gasteiger partial charge in [0, 0.05) is 4.90 Å². The highest BCUT2D eigenvalue weighted by atomic mass is 35.5. The third-order valence-electron chi connectivity index (χ3n) is 2.17. The van der Waals surface area contributed by atoms with Gasteiger partial charge in [0.05, 0.1) is 15.8 Å². The number of halogens is 4. The number of rotatable bonds is 3. The van der Waals surface area contributed by atoms with Crippen molar-refractivity contribution in [1.82, 2.24) is 5.32 Å². The molecule has 0 bridgehead atoms. The quantitative estimate of drug-likeness (QED) is 0.839. The van der Waals surface area contributed by atoms with Gasteiger partial charge in [-0.05, 0) is 25.1 Å². The fourth-order valence-corrected chi connectivity index (χ4v) is 2.41. The number of carbonyl (C=O) groups excluding carboxylic acids is 2. The van der Waals surface area contributed by atoms with E-state index in [1.165, 1.54) is 13.0 Å². The number of urea groups is 1. The lowest BCUT2D eigenvalue weighted by molar-refractivity contribution is -0.137. The molecular weight excluding hydrogens is 317 g/mol. The molecule has 9 heteroatoms. The van der Waals surface area contributed by atoms with Gasteiger partial charge in [-0.15, -0.1) is 11.8 Å². The van der Waals surface area contributed by atoms with E-state index in [4.69, 9.17) is 17.3 Å². The Morgan fingerprint density at radius 2 is 2.00 bits per heavy atom. The van der Waals surface area contributed by atoms with Gasteiger partial charge in [-0.25, -0.2) is 4.79 Å². The molecule has 3 amide bonds. The zero-order chi connectivity index (χ0) is 15.5. The van der Waals surface area contributed by atoms with Gasteiger partial charge in [0.15, 0.2) is 0 Å². The van der Waals surface area contributed by atoms with Crippen molar-refractivity contribution in [2.24, 2.45) is 5.73 Å². The van der Waals surface area contributed by atoms with Gasteiger partial charge in [-0.3, -0.25) is 10.1 Å². The minimum Gasteiger partial charge on any atom is -0.351 e. The summed E-state index contributed by atoms with van der Waals surface area (Å²) in [6, 6.07) is 2.29. The average molecular weight is 327 g/mol. The van der Waals surface area contributed by atoms with E-state index in [0.29, 0.717) is 0 Å². The smallest absolute Gasteiger partial charge is 0.351 e. The molecule has 0 aliphatic carbocycles. The Labute approximate surface area is 121 Å². The van der Waals surface area contributed by atoms with Gasteiger partial charge in [-0.1, -0.05) is 11.6 Å². The number of imide groups is 1. The van der Waals surface area contributed by atoms with Crippen LogP contribution in [0.15, 0.2) is 23.1 Å². The van der Waals surface area contributed by atoms with Crippen molar-refractivity contribution >= 4 is 35.3 Å². The van der Waals surface area contributed by atoms with Crippen LogP contribution in [0.5, 0.6) is 0 Å². The summed E-state index contributed by atoms with van der Waals surface area (Å²) in [5, 5.41) is 0.642. The Bertz CT molecular complexity index is 537. The van der Waals surface area contributed by atoms with Crippen LogP contribution >= 0.6 is 23.4 Å². The molecule has 110 valence electrons. The number of hydrogen-bond donors (Lipinski definition) is 2. The zero-order valence-corrected chi connectivity index (χ0v) is 11.7. The van der Waals surface area contributed by atoms with E-state index in [9.17, 15) is 22.8 Å². The van der Waals surface area contributed by atoms with Gasteiger partial charge in [0.2, 0.25) is 5.91 Å². The van der Waals surface area contributed by atoms with Gasteiger partial charge in [0.25, 0.3) is 0 Å². The standard InChI is InChI=1S/C11H10ClF3N2O2S/c1-5(9(18)17-10(16)19)20-6-2-3-8(12)7(4-6)11(13,14)15/h2-5H,1H3,(H3,16,17,18,19)/t5-/m0/s1. The summed E-state index contributed by atoms with van der Waals surface area (Å²) in [5.74, 6) is -0.689. The van der Waals surface area contributed by atoms with Crippen LogP contribution in [0, 0.1) is 0 Å². The van der Waals surface area contributed by atoms with Crippen LogP contribution in [0.4, 0.5) is 18.0 Å². The number of amides is 3. The van der Waals surface area contributed by atoms with Crippen molar-refractivity contribution in [2.45, 2.75) is 23.2 Å². The highest BCUT2D eigenvalue weighted by Gasteiger charge is 2.33. The SMILES string of the molecule is C[C@H](Sc1ccc(Cl)c(C(F)(F)F)c1)C(=O)NC(N)=O. The van der Waals surface area contributed by atoms with Gasteiger partial charge in [0.1, 0.15) is 0 Å². The van der Waals surface area contributed by atoms with E-state index >= 15 is 0 Å². The molecular formula is C11H10ClF3N2O2S. The number of primary amides is 1. The van der Waals surface area contributed by atoms with Gasteiger partial charge in [-0.2, -0.15) is 13.2 Å². The fourth-order valence-electron chi connectivity index (χ4n) is 1.28. The van der Waals surface area contributed by atoms with E-state index in [2.05, 4.69) is 0 Å². The summed E-state index contributed by atoms with van der Waals surface area (Å²) in [7, 11) is 0. The largest absolute Gasteiger partial charge is 0.417 e. The molecule has 1 aromatic carbocycles. The topological polar surface area (TPSA) is 72.2 Å². The van der Waals surface area contributed by atoms with Crippen LogP contribution in [-0.2, 0) is 11.0 Å². The summed E-state index contributed by atoms with van der Waals surface area (Å²) in [6.07, 6.45) is -4.58. The monoisotopic (exact) mass is 326 g/mol. The van der Waals surface area contributed by atoms with E-state index in [0.717, 1.165) is 23.9 Å². The number of nitrogens with two attached hydrogens (primary N) is 1. The molecule has 1 atom stereocenters. The van der Waals surface area contributed by atoms with Crippen molar-refractivity contribution in [3.63, 3.8) is 0 Å². The second-order valence-electron chi connectivity index (χ2n) is 3.75. The molecule has 20 heavy (non-hydrogen) atoms. The van der Waals surface area contributed by atoms with Crippen molar-refractivity contribution in [3.05, 3.63) is 28.8 Å². The first-order valence-corrected chi connectivity index (χ1v) is 6.50. The summed E-state index contributed by atoms with van der Waals surface area (Å²) >= 11 is 6.33. The summed E-state index contributed by atoms with van der Waals surface area (Å²) in [6.45, 7) is 1.44. The zero-order valence-electron chi connectivity index (χ0n) is 10.1. The molecule has 0 saturated heterocycles. The van der Waals surface area contributed by atoms with Crippen LogP contribution in [0.2, 0.25) is 5.02 Å². The predicted octanol–water partition coefficient (Wildman–Crippen LogP) is 3.03. The maximum absolute atomic E-state index is 12.7. The van der Waals surface area contributed by atoms with Crippen molar-refractivity contribution in [1.29, 1.82) is 0 Å². The second-order valence-corrected chi connectivity index (χ2v) is 5.57. The molecule has 0 heterocycles. The Balaban J connectivity index is 2.89. The number of carbonyl (C=O) groups is 2. The number of thioether (sulfide) groups is 1. The minimum absolute atomic E-state index is 0.203. The summed E-state index contributed by atoms with van der Waals surface area (Å²) < 4.78 is 38.0. The molecule has 1 aromatic rings. The Morgan fingerprint density at radius 1 is 1.40 bits per heavy atom. The van der Waals surface area contributed by atoms with Crippen LogP contribution in [0.1, 0.15) is 12.5 Å². The first kappa shape index (κ1) is 16.6. The normalized spacial score (nSPS) is 12.8. The van der Waals surface area contributed by atoms with E-state index in [-0.39, 0.29) is 4.90 Å². The number of nitrogens with one attached hydrogen (secondary N) is 1. The summed E-state index contributed by atoms with van der Waals surface area (Å²) in [5.41, 5.74) is 3.80. The lowest BCUT2D eigenvalue weighted by Gasteiger charge is -2.13. The number of hydrogen-bond acceptors (Lipinski definition) is 3. The van der Waals surface area contributed by atoms with E-state index in [1.807, 2.05) is 5.32 Å². The fraction of sp³-hybridized carbons (Fsp3) is 0.273. The molecule has 0 saturated carbocycles. The Kier molecular flexibility index (Phi) is 5.29. The number of alkyl halides is 3. The van der Waals surface area contributed by atoms with Crippen LogP contribution in [0.3, 0.4) is 0 Å². The highest BCUT2D eigenvalue weighted by molar-refractivity contribution is 8.00. The minimum atomic E-state index is -4.58. The van der Waals surface area contributed by atoms with Crippen molar-refractivity contribution in [2.75, 3.05) is 0 Å². The molecule has 4 nitrogen and oxygen atoms in total. The first-order valence-electron chi connectivity index (χ1n) is 5.25. The van der Waals surface area contributed by atoms with Crippen molar-refractivity contribution < 1.29 is 22.8 Å². The molecule has 0 fully saturated rings. The second kappa shape index (κ2) is 6.36. The molecule has 1 rings (SSSR count). The lowest BCUT2D eigenvalue weighted by atomic mass is 10.2. The highest BCUT2D eigenvalue weighted by Crippen LogP contribution is 2.37. The number of benzene rings is 1. The molecule has 0 aliphatic rings.